The molecule has 1 aromatic carbocycles. The molecule has 1 saturated heterocycles. The third-order valence-corrected chi connectivity index (χ3v) is 6.60. The second kappa shape index (κ2) is 8.51. The zero-order valence-electron chi connectivity index (χ0n) is 15.9. The van der Waals surface area contributed by atoms with E-state index in [-0.39, 0.29) is 16.2 Å². The maximum atomic E-state index is 12.6. The maximum Gasteiger partial charge on any atom is 0.446 e. The average molecular weight is 404 g/mol. The predicted octanol–water partition coefficient (Wildman–Crippen LogP) is 3.45. The summed E-state index contributed by atoms with van der Waals surface area (Å²) in [5.74, 6) is 0. The SMILES string of the molecule is CC(C)(C)[S+]([O-])N[C@@H]1c2ccccc2CC12CCNCC2.O=CC(F)(F)F. The van der Waals surface area contributed by atoms with Crippen molar-refractivity contribution in [2.75, 3.05) is 13.1 Å². The van der Waals surface area contributed by atoms with Crippen LogP contribution < -0.4 is 10.0 Å². The number of rotatable bonds is 2. The van der Waals surface area contributed by atoms with E-state index in [1.165, 1.54) is 11.1 Å². The van der Waals surface area contributed by atoms with E-state index < -0.39 is 23.8 Å². The first kappa shape index (κ1) is 22.2. The largest absolute Gasteiger partial charge is 0.598 e. The molecule has 8 heteroatoms. The van der Waals surface area contributed by atoms with E-state index in [9.17, 15) is 17.7 Å². The highest BCUT2D eigenvalue weighted by atomic mass is 32.2. The van der Waals surface area contributed by atoms with Gasteiger partial charge in [0.1, 0.15) is 4.75 Å². The first-order valence-corrected chi connectivity index (χ1v) is 10.1. The summed E-state index contributed by atoms with van der Waals surface area (Å²) in [6, 6.07) is 8.89. The summed E-state index contributed by atoms with van der Waals surface area (Å²) in [6.45, 7) is 8.23. The number of nitrogens with one attached hydrogen (secondary N) is 2. The summed E-state index contributed by atoms with van der Waals surface area (Å²) in [5, 5.41) is 3.46. The van der Waals surface area contributed by atoms with Gasteiger partial charge >= 0.3 is 6.18 Å². The lowest BCUT2D eigenvalue weighted by Crippen LogP contribution is -2.48. The Bertz CT molecular complexity index is 641. The molecule has 0 radical (unpaired) electrons. The van der Waals surface area contributed by atoms with Gasteiger partial charge in [-0.2, -0.15) is 13.2 Å². The van der Waals surface area contributed by atoms with E-state index in [1.807, 2.05) is 20.8 Å². The van der Waals surface area contributed by atoms with E-state index in [0.717, 1.165) is 32.4 Å². The molecule has 27 heavy (non-hydrogen) atoms. The van der Waals surface area contributed by atoms with Gasteiger partial charge in [0.15, 0.2) is 0 Å². The highest BCUT2D eigenvalue weighted by Crippen LogP contribution is 2.51. The Labute approximate surface area is 161 Å². The number of hydrogen-bond donors (Lipinski definition) is 2. The minimum Gasteiger partial charge on any atom is -0.598 e. The Morgan fingerprint density at radius 2 is 1.78 bits per heavy atom. The Morgan fingerprint density at radius 3 is 2.30 bits per heavy atom. The van der Waals surface area contributed by atoms with Gasteiger partial charge in [0.2, 0.25) is 6.29 Å². The summed E-state index contributed by atoms with van der Waals surface area (Å²) in [7, 11) is 0. The van der Waals surface area contributed by atoms with Crippen molar-refractivity contribution < 1.29 is 22.5 Å². The van der Waals surface area contributed by atoms with Gasteiger partial charge in [-0.3, -0.25) is 4.79 Å². The zero-order chi connectivity index (χ0) is 20.3. The van der Waals surface area contributed by atoms with Crippen LogP contribution in [0, 0.1) is 5.41 Å². The fraction of sp³-hybridized carbons (Fsp3) is 0.632. The molecule has 2 N–H and O–H groups in total. The molecule has 4 nitrogen and oxygen atoms in total. The van der Waals surface area contributed by atoms with Crippen LogP contribution in [0.4, 0.5) is 13.2 Å². The number of hydrogen-bond acceptors (Lipinski definition) is 4. The standard InChI is InChI=1S/C17H26N2OS.C2HF3O/c1-16(2,3)21(20)19-15-14-7-5-4-6-13(14)12-17(15)8-10-18-11-9-17;3-2(4,5)1-6/h4-7,15,18-19H,8-12H2,1-3H3;1H/t15-,21?;/m1./s1. The Hall–Kier alpha value is -1.09. The van der Waals surface area contributed by atoms with Gasteiger partial charge in [-0.25, -0.2) is 0 Å². The van der Waals surface area contributed by atoms with Crippen LogP contribution in [0.25, 0.3) is 0 Å². The predicted molar refractivity (Wildman–Crippen MR) is 101 cm³/mol. The number of carbonyl (C=O) groups excluding carboxylic acids is 1. The molecule has 3 rings (SSSR count). The minimum atomic E-state index is -4.64. The average Bonchev–Trinajstić information content (AvgIpc) is 2.88. The van der Waals surface area contributed by atoms with Crippen molar-refractivity contribution in [2.45, 2.75) is 57.0 Å². The van der Waals surface area contributed by atoms with E-state index >= 15 is 0 Å². The van der Waals surface area contributed by atoms with Crippen LogP contribution in [0.3, 0.4) is 0 Å². The van der Waals surface area contributed by atoms with Crippen molar-refractivity contribution in [3.05, 3.63) is 35.4 Å². The fourth-order valence-electron chi connectivity index (χ4n) is 3.65. The second-order valence-electron chi connectivity index (χ2n) is 8.08. The highest BCUT2D eigenvalue weighted by molar-refractivity contribution is 7.90. The van der Waals surface area contributed by atoms with Gasteiger partial charge in [0, 0.05) is 16.8 Å². The molecule has 0 saturated carbocycles. The quantitative estimate of drug-likeness (QED) is 0.585. The number of fused-ring (bicyclic) bond motifs is 1. The number of halogens is 3. The van der Waals surface area contributed by atoms with E-state index in [2.05, 4.69) is 34.3 Å². The molecule has 1 heterocycles. The monoisotopic (exact) mass is 404 g/mol. The molecule has 2 aliphatic rings. The molecular formula is C19H27F3N2O2S. The molecule has 0 aromatic heterocycles. The lowest BCUT2D eigenvalue weighted by Gasteiger charge is -2.40. The van der Waals surface area contributed by atoms with E-state index in [1.54, 1.807) is 0 Å². The number of piperidine rings is 1. The Kier molecular flexibility index (Phi) is 7.00. The molecule has 1 spiro atoms. The van der Waals surface area contributed by atoms with Crippen molar-refractivity contribution >= 4 is 17.6 Å². The minimum absolute atomic E-state index is 0.218. The number of carbonyl (C=O) groups is 1. The molecule has 0 bridgehead atoms. The van der Waals surface area contributed by atoms with Crippen molar-refractivity contribution in [3.8, 4) is 0 Å². The summed E-state index contributed by atoms with van der Waals surface area (Å²) < 4.78 is 47.1. The number of benzene rings is 1. The fourth-order valence-corrected chi connectivity index (χ4v) is 4.60. The summed E-state index contributed by atoms with van der Waals surface area (Å²) in [4.78, 5) is 8.70. The topological polar surface area (TPSA) is 64.2 Å². The van der Waals surface area contributed by atoms with E-state index in [0.29, 0.717) is 0 Å². The Morgan fingerprint density at radius 1 is 1.22 bits per heavy atom. The lowest BCUT2D eigenvalue weighted by molar-refractivity contribution is -0.156. The van der Waals surface area contributed by atoms with E-state index in [4.69, 9.17) is 4.79 Å². The lowest BCUT2D eigenvalue weighted by atomic mass is 9.73. The number of alkyl halides is 3. The van der Waals surface area contributed by atoms with Crippen LogP contribution in [0.5, 0.6) is 0 Å². The summed E-state index contributed by atoms with van der Waals surface area (Å²) >= 11 is -1.03. The summed E-state index contributed by atoms with van der Waals surface area (Å²) in [5.41, 5.74) is 3.02. The van der Waals surface area contributed by atoms with Crippen molar-refractivity contribution in [2.24, 2.45) is 5.41 Å². The normalized spacial score (nSPS) is 22.6. The van der Waals surface area contributed by atoms with Crippen LogP contribution in [-0.2, 0) is 22.6 Å². The third kappa shape index (κ3) is 5.70. The molecule has 2 atom stereocenters. The summed E-state index contributed by atoms with van der Waals surface area (Å²) in [6.07, 6.45) is -2.28. The van der Waals surface area contributed by atoms with Gasteiger partial charge < -0.3 is 9.87 Å². The van der Waals surface area contributed by atoms with Crippen LogP contribution in [-0.4, -0.2) is 34.9 Å². The first-order valence-electron chi connectivity index (χ1n) is 8.98. The van der Waals surface area contributed by atoms with Gasteiger partial charge in [-0.15, -0.1) is 4.72 Å². The molecule has 0 amide bonds. The van der Waals surface area contributed by atoms with Crippen LogP contribution in [0.2, 0.25) is 0 Å². The number of aldehydes is 1. The molecule has 1 aromatic rings. The van der Waals surface area contributed by atoms with Gasteiger partial charge in [-0.05, 0) is 64.3 Å². The molecule has 152 valence electrons. The Balaban J connectivity index is 0.000000380. The maximum absolute atomic E-state index is 12.6. The molecule has 1 fully saturated rings. The third-order valence-electron chi connectivity index (χ3n) is 5.04. The zero-order valence-corrected chi connectivity index (χ0v) is 16.7. The van der Waals surface area contributed by atoms with Crippen LogP contribution >= 0.6 is 0 Å². The van der Waals surface area contributed by atoms with Gasteiger partial charge in [0.25, 0.3) is 0 Å². The molecular weight excluding hydrogens is 377 g/mol. The van der Waals surface area contributed by atoms with Crippen molar-refractivity contribution in [3.63, 3.8) is 0 Å². The van der Waals surface area contributed by atoms with Gasteiger partial charge in [-0.1, -0.05) is 24.3 Å². The second-order valence-corrected chi connectivity index (χ2v) is 10.1. The molecule has 1 aliphatic heterocycles. The van der Waals surface area contributed by atoms with Crippen LogP contribution in [0.15, 0.2) is 24.3 Å². The molecule has 1 unspecified atom stereocenters. The first-order chi connectivity index (χ1) is 12.5. The molecule has 1 aliphatic carbocycles. The van der Waals surface area contributed by atoms with Crippen molar-refractivity contribution in [1.82, 2.24) is 10.0 Å². The smallest absolute Gasteiger partial charge is 0.446 e. The van der Waals surface area contributed by atoms with Crippen LogP contribution in [0.1, 0.15) is 50.8 Å². The highest BCUT2D eigenvalue weighted by Gasteiger charge is 2.49. The van der Waals surface area contributed by atoms with Crippen molar-refractivity contribution in [1.29, 1.82) is 0 Å². The van der Waals surface area contributed by atoms with Gasteiger partial charge in [0.05, 0.1) is 6.04 Å².